The molecule has 0 saturated carbocycles. The third-order valence-electron chi connectivity index (χ3n) is 4.34. The van der Waals surface area contributed by atoms with Crippen molar-refractivity contribution < 1.29 is 17.9 Å². The van der Waals surface area contributed by atoms with Crippen LogP contribution in [0, 0.1) is 12.8 Å². The number of likely N-dealkylation sites (N-methyl/N-ethyl adjacent to an activating group) is 1. The third-order valence-corrected chi connectivity index (χ3v) is 6.37. The largest absolute Gasteiger partial charge is 0.465 e. The van der Waals surface area contributed by atoms with Crippen LogP contribution < -0.4 is 0 Å². The first kappa shape index (κ1) is 22.6. The zero-order chi connectivity index (χ0) is 19.9. The van der Waals surface area contributed by atoms with E-state index in [1.54, 1.807) is 17.3 Å². The van der Waals surface area contributed by atoms with Crippen molar-refractivity contribution in [3.05, 3.63) is 29.3 Å². The van der Waals surface area contributed by atoms with Crippen LogP contribution in [-0.4, -0.2) is 63.4 Å². The zero-order valence-corrected chi connectivity index (χ0v) is 17.6. The van der Waals surface area contributed by atoms with E-state index >= 15 is 0 Å². The van der Waals surface area contributed by atoms with E-state index < -0.39 is 16.0 Å². The lowest BCUT2D eigenvalue weighted by atomic mass is 10.1. The second-order valence-corrected chi connectivity index (χ2v) is 8.66. The lowest BCUT2D eigenvalue weighted by Crippen LogP contribution is -2.40. The van der Waals surface area contributed by atoms with E-state index in [2.05, 4.69) is 18.7 Å². The topological polar surface area (TPSA) is 66.9 Å². The lowest BCUT2D eigenvalue weighted by molar-refractivity contribution is 0.0600. The van der Waals surface area contributed by atoms with Crippen molar-refractivity contribution in [1.29, 1.82) is 0 Å². The van der Waals surface area contributed by atoms with Gasteiger partial charge in [0.1, 0.15) is 0 Å². The second kappa shape index (κ2) is 10.0. The molecule has 1 aromatic carbocycles. The summed E-state index contributed by atoms with van der Waals surface area (Å²) in [6.45, 7) is 13.2. The van der Waals surface area contributed by atoms with Crippen LogP contribution in [0.4, 0.5) is 0 Å². The summed E-state index contributed by atoms with van der Waals surface area (Å²) in [5.74, 6) is -0.256. The maximum absolute atomic E-state index is 13.2. The van der Waals surface area contributed by atoms with E-state index in [4.69, 9.17) is 4.74 Å². The molecule has 1 aromatic rings. The average Bonchev–Trinajstić information content (AvgIpc) is 2.60. The molecule has 0 heterocycles. The van der Waals surface area contributed by atoms with Crippen molar-refractivity contribution in [2.45, 2.75) is 39.5 Å². The maximum atomic E-state index is 13.2. The van der Waals surface area contributed by atoms with Crippen molar-refractivity contribution in [2.24, 2.45) is 5.92 Å². The van der Waals surface area contributed by atoms with Gasteiger partial charge in [0.15, 0.2) is 0 Å². The minimum absolute atomic E-state index is 0.219. The highest BCUT2D eigenvalue weighted by Gasteiger charge is 2.27. The normalized spacial score (nSPS) is 12.2. The molecule has 0 amide bonds. The number of ether oxygens (including phenoxy) is 1. The Labute approximate surface area is 158 Å². The number of rotatable bonds is 10. The van der Waals surface area contributed by atoms with Crippen molar-refractivity contribution in [3.63, 3.8) is 0 Å². The minimum Gasteiger partial charge on any atom is -0.465 e. The van der Waals surface area contributed by atoms with Gasteiger partial charge >= 0.3 is 5.97 Å². The number of carbonyl (C=O) groups excluding carboxylic acids is 1. The summed E-state index contributed by atoms with van der Waals surface area (Å²) in [7, 11) is -2.33. The smallest absolute Gasteiger partial charge is 0.337 e. The first-order chi connectivity index (χ1) is 12.2. The number of hydrogen-bond donors (Lipinski definition) is 0. The Bertz CT molecular complexity index is 697. The molecular formula is C19H32N2O4S. The zero-order valence-electron chi connectivity index (χ0n) is 16.8. The van der Waals surface area contributed by atoms with Gasteiger partial charge in [-0.05, 0) is 49.7 Å². The molecule has 0 aromatic heterocycles. The molecule has 0 aliphatic heterocycles. The fourth-order valence-electron chi connectivity index (χ4n) is 2.83. The molecule has 6 nitrogen and oxygen atoms in total. The average molecular weight is 385 g/mol. The fourth-order valence-corrected chi connectivity index (χ4v) is 4.63. The van der Waals surface area contributed by atoms with Gasteiger partial charge in [0.05, 0.1) is 17.6 Å². The van der Waals surface area contributed by atoms with E-state index in [0.717, 1.165) is 13.1 Å². The Morgan fingerprint density at radius 3 is 2.23 bits per heavy atom. The summed E-state index contributed by atoms with van der Waals surface area (Å²) in [5.41, 5.74) is 0.895. The van der Waals surface area contributed by atoms with Gasteiger partial charge in [-0.3, -0.25) is 0 Å². The Balaban J connectivity index is 3.17. The molecule has 0 aliphatic carbocycles. The van der Waals surface area contributed by atoms with Crippen molar-refractivity contribution in [2.75, 3.05) is 39.8 Å². The Kier molecular flexibility index (Phi) is 8.73. The number of methoxy groups -OCH3 is 1. The van der Waals surface area contributed by atoms with Crippen molar-refractivity contribution >= 4 is 16.0 Å². The van der Waals surface area contributed by atoms with Gasteiger partial charge in [-0.1, -0.05) is 27.7 Å². The Morgan fingerprint density at radius 1 is 1.15 bits per heavy atom. The molecule has 148 valence electrons. The molecule has 0 bridgehead atoms. The van der Waals surface area contributed by atoms with Crippen molar-refractivity contribution in [3.8, 4) is 0 Å². The first-order valence-corrected chi connectivity index (χ1v) is 10.5. The monoisotopic (exact) mass is 384 g/mol. The standard InChI is InChI=1S/C19H32N2O4S/c1-7-20(8-2)11-12-21(14-15(3)4)26(23,24)18-10-9-17(13-16(18)5)19(22)25-6/h9-10,13,15H,7-8,11-12,14H2,1-6H3. The summed E-state index contributed by atoms with van der Waals surface area (Å²) < 4.78 is 32.7. The van der Waals surface area contributed by atoms with Crippen molar-refractivity contribution in [1.82, 2.24) is 9.21 Å². The van der Waals surface area contributed by atoms with Crippen LogP contribution in [0.25, 0.3) is 0 Å². The number of sulfonamides is 1. The Hall–Kier alpha value is -1.44. The number of aryl methyl sites for hydroxylation is 1. The number of esters is 1. The van der Waals surface area contributed by atoms with Crippen LogP contribution in [0.15, 0.2) is 23.1 Å². The second-order valence-electron chi connectivity index (χ2n) is 6.76. The molecule has 0 N–H and O–H groups in total. The molecule has 0 radical (unpaired) electrons. The molecule has 0 spiro atoms. The molecule has 0 fully saturated rings. The lowest BCUT2D eigenvalue weighted by Gasteiger charge is -2.27. The molecule has 7 heteroatoms. The quantitative estimate of drug-likeness (QED) is 0.580. The molecular weight excluding hydrogens is 352 g/mol. The predicted molar refractivity (Wildman–Crippen MR) is 104 cm³/mol. The highest BCUT2D eigenvalue weighted by molar-refractivity contribution is 7.89. The summed E-state index contributed by atoms with van der Waals surface area (Å²) in [4.78, 5) is 14.1. The SMILES string of the molecule is CCN(CC)CCN(CC(C)C)S(=O)(=O)c1ccc(C(=O)OC)cc1C. The summed E-state index contributed by atoms with van der Waals surface area (Å²) >= 11 is 0. The van der Waals surface area contributed by atoms with Crippen LogP contribution in [0.2, 0.25) is 0 Å². The van der Waals surface area contributed by atoms with Gasteiger partial charge in [0, 0.05) is 19.6 Å². The summed E-state index contributed by atoms with van der Waals surface area (Å²) in [6.07, 6.45) is 0. The molecule has 0 aliphatic rings. The van der Waals surface area contributed by atoms with Crippen LogP contribution in [-0.2, 0) is 14.8 Å². The molecule has 0 atom stereocenters. The highest BCUT2D eigenvalue weighted by Crippen LogP contribution is 2.22. The van der Waals surface area contributed by atoms with E-state index in [1.807, 2.05) is 13.8 Å². The molecule has 1 rings (SSSR count). The van der Waals surface area contributed by atoms with E-state index in [0.29, 0.717) is 30.8 Å². The van der Waals surface area contributed by atoms with Gasteiger partial charge in [-0.15, -0.1) is 0 Å². The highest BCUT2D eigenvalue weighted by atomic mass is 32.2. The minimum atomic E-state index is -3.63. The summed E-state index contributed by atoms with van der Waals surface area (Å²) in [6, 6.07) is 4.57. The maximum Gasteiger partial charge on any atom is 0.337 e. The van der Waals surface area contributed by atoms with Gasteiger partial charge in [-0.25, -0.2) is 13.2 Å². The van der Waals surface area contributed by atoms with E-state index in [-0.39, 0.29) is 10.8 Å². The number of nitrogens with zero attached hydrogens (tertiary/aromatic N) is 2. The number of benzene rings is 1. The third kappa shape index (κ3) is 5.79. The van der Waals surface area contributed by atoms with Gasteiger partial charge in [0.25, 0.3) is 0 Å². The van der Waals surface area contributed by atoms with Crippen LogP contribution in [0.3, 0.4) is 0 Å². The van der Waals surface area contributed by atoms with E-state index in [1.165, 1.54) is 19.2 Å². The molecule has 0 saturated heterocycles. The van der Waals surface area contributed by atoms with Crippen LogP contribution >= 0.6 is 0 Å². The fraction of sp³-hybridized carbons (Fsp3) is 0.632. The van der Waals surface area contributed by atoms with Crippen LogP contribution in [0.5, 0.6) is 0 Å². The van der Waals surface area contributed by atoms with Gasteiger partial charge in [0.2, 0.25) is 10.0 Å². The molecule has 0 unspecified atom stereocenters. The molecule has 26 heavy (non-hydrogen) atoms. The number of hydrogen-bond acceptors (Lipinski definition) is 5. The first-order valence-electron chi connectivity index (χ1n) is 9.08. The van der Waals surface area contributed by atoms with Crippen LogP contribution in [0.1, 0.15) is 43.6 Å². The summed E-state index contributed by atoms with van der Waals surface area (Å²) in [5, 5.41) is 0. The van der Waals surface area contributed by atoms with E-state index in [9.17, 15) is 13.2 Å². The van der Waals surface area contributed by atoms with Gasteiger partial charge < -0.3 is 9.64 Å². The van der Waals surface area contributed by atoms with Gasteiger partial charge in [-0.2, -0.15) is 4.31 Å². The Morgan fingerprint density at radius 2 is 1.77 bits per heavy atom. The number of carbonyl (C=O) groups is 1. The predicted octanol–water partition coefficient (Wildman–Crippen LogP) is 2.77.